The average Bonchev–Trinajstić information content (AvgIpc) is 2.46. The van der Waals surface area contributed by atoms with Crippen LogP contribution in [0.25, 0.3) is 0 Å². The molecule has 2 atom stereocenters. The Morgan fingerprint density at radius 3 is 1.46 bits per heavy atom. The highest BCUT2D eigenvalue weighted by Gasteiger charge is 2.12. The van der Waals surface area contributed by atoms with Gasteiger partial charge in [-0.05, 0) is 12.5 Å². The maximum absolute atomic E-state index is 10.0. The van der Waals surface area contributed by atoms with E-state index in [4.69, 9.17) is 10.2 Å². The summed E-state index contributed by atoms with van der Waals surface area (Å²) in [4.78, 5) is 38.9. The number of hydrogen-bond acceptors (Lipinski definition) is 6. The van der Waals surface area contributed by atoms with Crippen LogP contribution in [0.1, 0.15) is 39.5 Å². The fraction of sp³-hybridized carbons (Fsp3) is 0.571. The Balaban J connectivity index is -0.000000276. The average molecular weight is 350 g/mol. The van der Waals surface area contributed by atoms with E-state index in [1.54, 1.807) is 0 Å². The molecule has 0 saturated heterocycles. The zero-order chi connectivity index (χ0) is 19.7. The Hall–Kier alpha value is -2.46. The Morgan fingerprint density at radius 1 is 0.917 bits per heavy atom. The van der Waals surface area contributed by atoms with Gasteiger partial charge in [0.1, 0.15) is 6.04 Å². The smallest absolute Gasteiger partial charge is 0.362 e. The summed E-state index contributed by atoms with van der Waals surface area (Å²) < 4.78 is 0. The van der Waals surface area contributed by atoms with Gasteiger partial charge in [-0.3, -0.25) is 0 Å². The fourth-order valence-electron chi connectivity index (χ4n) is 1.08. The van der Waals surface area contributed by atoms with Crippen molar-refractivity contribution >= 4 is 23.9 Å². The summed E-state index contributed by atoms with van der Waals surface area (Å²) in [5.74, 6) is -4.65. The van der Waals surface area contributed by atoms with Crippen LogP contribution in [0.5, 0.6) is 0 Å². The van der Waals surface area contributed by atoms with E-state index >= 15 is 0 Å². The lowest BCUT2D eigenvalue weighted by Gasteiger charge is -2.05. The largest absolute Gasteiger partial charge is 0.545 e. The van der Waals surface area contributed by atoms with E-state index in [-0.39, 0.29) is 0 Å². The van der Waals surface area contributed by atoms with Crippen molar-refractivity contribution in [2.75, 3.05) is 0 Å². The first-order chi connectivity index (χ1) is 11.0. The molecular formula is C14H26N2O8. The van der Waals surface area contributed by atoms with Gasteiger partial charge in [0.15, 0.2) is 6.04 Å². The molecule has 140 valence electrons. The number of rotatable bonds is 8. The highest BCUT2D eigenvalue weighted by molar-refractivity contribution is 5.88. The van der Waals surface area contributed by atoms with Crippen molar-refractivity contribution in [2.45, 2.75) is 51.6 Å². The van der Waals surface area contributed by atoms with Gasteiger partial charge in [-0.1, -0.05) is 20.3 Å². The predicted octanol–water partition coefficient (Wildman–Crippen LogP) is -3.99. The Kier molecular flexibility index (Phi) is 18.6. The molecule has 8 N–H and O–H groups in total. The Morgan fingerprint density at radius 2 is 1.33 bits per heavy atom. The van der Waals surface area contributed by atoms with E-state index in [2.05, 4.69) is 11.5 Å². The quantitative estimate of drug-likeness (QED) is 0.316. The summed E-state index contributed by atoms with van der Waals surface area (Å²) in [5.41, 5.74) is 6.79. The van der Waals surface area contributed by atoms with Crippen LogP contribution in [0.15, 0.2) is 12.2 Å². The van der Waals surface area contributed by atoms with E-state index in [0.717, 1.165) is 12.8 Å². The summed E-state index contributed by atoms with van der Waals surface area (Å²) in [6.07, 6.45) is 3.97. The van der Waals surface area contributed by atoms with Gasteiger partial charge < -0.3 is 41.5 Å². The monoisotopic (exact) mass is 350 g/mol. The highest BCUT2D eigenvalue weighted by Crippen LogP contribution is 1.89. The van der Waals surface area contributed by atoms with Crippen LogP contribution in [0.3, 0.4) is 0 Å². The number of carbonyl (C=O) groups is 4. The van der Waals surface area contributed by atoms with Crippen LogP contribution in [0, 0.1) is 0 Å². The summed E-state index contributed by atoms with van der Waals surface area (Å²) in [7, 11) is 0. The summed E-state index contributed by atoms with van der Waals surface area (Å²) in [5, 5.41) is 35.4. The third-order valence-corrected chi connectivity index (χ3v) is 2.32. The van der Waals surface area contributed by atoms with Crippen molar-refractivity contribution < 1.29 is 51.1 Å². The molecule has 0 aliphatic rings. The van der Waals surface area contributed by atoms with Crippen molar-refractivity contribution in [2.24, 2.45) is 0 Å². The van der Waals surface area contributed by atoms with Gasteiger partial charge in [0.2, 0.25) is 0 Å². The number of aliphatic carboxylic acids is 4. The SMILES string of the molecule is CCC[C@H]([NH3+])C(=O)O.CCC[C@H]([NH3+])C(=O)[O-].O=C([O-])/C=C\C(=O)O. The molecular weight excluding hydrogens is 324 g/mol. The maximum Gasteiger partial charge on any atom is 0.362 e. The topological polar surface area (TPSA) is 210 Å². The second-order valence-electron chi connectivity index (χ2n) is 4.62. The van der Waals surface area contributed by atoms with Gasteiger partial charge >= 0.3 is 11.9 Å². The summed E-state index contributed by atoms with van der Waals surface area (Å²) >= 11 is 0. The minimum atomic E-state index is -1.51. The molecule has 0 aliphatic heterocycles. The first kappa shape index (κ1) is 26.4. The molecule has 0 bridgehead atoms. The fourth-order valence-corrected chi connectivity index (χ4v) is 1.08. The summed E-state index contributed by atoms with van der Waals surface area (Å²) in [6.45, 7) is 3.86. The molecule has 0 unspecified atom stereocenters. The zero-order valence-corrected chi connectivity index (χ0v) is 13.9. The second kappa shape index (κ2) is 16.9. The van der Waals surface area contributed by atoms with Gasteiger partial charge in [-0.15, -0.1) is 0 Å². The van der Waals surface area contributed by atoms with Crippen molar-refractivity contribution in [3.8, 4) is 0 Å². The van der Waals surface area contributed by atoms with Gasteiger partial charge in [0, 0.05) is 18.9 Å². The van der Waals surface area contributed by atoms with E-state index in [1.807, 2.05) is 13.8 Å². The van der Waals surface area contributed by atoms with Crippen LogP contribution in [0.2, 0.25) is 0 Å². The van der Waals surface area contributed by atoms with Crippen molar-refractivity contribution in [1.29, 1.82) is 0 Å². The van der Waals surface area contributed by atoms with Gasteiger partial charge in [-0.2, -0.15) is 0 Å². The first-order valence-corrected chi connectivity index (χ1v) is 7.21. The van der Waals surface area contributed by atoms with Crippen LogP contribution in [-0.2, 0) is 19.2 Å². The van der Waals surface area contributed by atoms with E-state index in [9.17, 15) is 29.4 Å². The molecule has 0 aromatic rings. The van der Waals surface area contributed by atoms with Gasteiger partial charge in [-0.25, -0.2) is 9.59 Å². The lowest BCUT2D eigenvalue weighted by atomic mass is 10.2. The zero-order valence-electron chi connectivity index (χ0n) is 13.9. The molecule has 0 heterocycles. The molecule has 24 heavy (non-hydrogen) atoms. The minimum Gasteiger partial charge on any atom is -0.545 e. The number of carboxylic acid groups (broad SMARTS) is 4. The molecule has 0 rings (SSSR count). The third-order valence-electron chi connectivity index (χ3n) is 2.32. The Bertz CT molecular complexity index is 385. The molecule has 0 spiro atoms. The van der Waals surface area contributed by atoms with E-state index in [0.29, 0.717) is 25.0 Å². The standard InChI is InChI=1S/2C5H11NO2.C4H4O4/c2*1-2-3-4(6)5(7)8;5-3(6)1-2-4(7)8/h2*4H,2-3,6H2,1H3,(H,7,8);1-2H,(H,5,6)(H,7,8)/b;;2-1-/t2*4-;/m00./s1. The summed E-state index contributed by atoms with van der Waals surface area (Å²) in [6, 6.07) is -0.944. The molecule has 0 aliphatic carbocycles. The van der Waals surface area contributed by atoms with Gasteiger partial charge in [0.25, 0.3) is 0 Å². The molecule has 0 radical (unpaired) electrons. The molecule has 0 amide bonds. The number of carboxylic acids is 4. The molecule has 0 aromatic heterocycles. The van der Waals surface area contributed by atoms with Crippen LogP contribution < -0.4 is 21.7 Å². The number of quaternary nitrogens is 2. The van der Waals surface area contributed by atoms with Crippen molar-refractivity contribution in [1.82, 2.24) is 0 Å². The molecule has 0 fully saturated rings. The van der Waals surface area contributed by atoms with Crippen LogP contribution in [-0.4, -0.2) is 46.2 Å². The van der Waals surface area contributed by atoms with Crippen LogP contribution >= 0.6 is 0 Å². The normalized spacial score (nSPS) is 12.0. The third kappa shape index (κ3) is 24.6. The van der Waals surface area contributed by atoms with Crippen molar-refractivity contribution in [3.05, 3.63) is 12.2 Å². The molecule has 10 heteroatoms. The minimum absolute atomic E-state index is 0.417. The number of carbonyl (C=O) groups excluding carboxylic acids is 2. The lowest BCUT2D eigenvalue weighted by molar-refractivity contribution is -0.438. The van der Waals surface area contributed by atoms with Crippen molar-refractivity contribution in [3.63, 3.8) is 0 Å². The molecule has 0 saturated carbocycles. The van der Waals surface area contributed by atoms with Crippen LogP contribution in [0.4, 0.5) is 0 Å². The lowest BCUT2D eigenvalue weighted by Crippen LogP contribution is -2.68. The Labute approximate surface area is 139 Å². The highest BCUT2D eigenvalue weighted by atomic mass is 16.4. The number of hydrogen-bond donors (Lipinski definition) is 4. The van der Waals surface area contributed by atoms with E-state index in [1.165, 1.54) is 0 Å². The maximum atomic E-state index is 10.0. The van der Waals surface area contributed by atoms with E-state index < -0.39 is 36.0 Å². The second-order valence-corrected chi connectivity index (χ2v) is 4.62. The predicted molar refractivity (Wildman–Crippen MR) is 77.6 cm³/mol. The molecule has 0 aromatic carbocycles. The first-order valence-electron chi connectivity index (χ1n) is 7.21. The molecule has 10 nitrogen and oxygen atoms in total. The van der Waals surface area contributed by atoms with Gasteiger partial charge in [0.05, 0.1) is 11.9 Å².